The number of aromatic hydroxyl groups is 1. The lowest BCUT2D eigenvalue weighted by Crippen LogP contribution is -2.43. The second kappa shape index (κ2) is 13.4. The number of nitrogens with zero attached hydrogens (tertiary/aromatic N) is 7. The molecule has 0 aliphatic carbocycles. The Hall–Kier alpha value is -5.03. The Bertz CT molecular complexity index is 2430. The van der Waals surface area contributed by atoms with Crippen molar-refractivity contribution in [2.24, 2.45) is 0 Å². The number of benzene rings is 2. The molecule has 17 heteroatoms. The Kier molecular flexibility index (Phi) is 8.91. The summed E-state index contributed by atoms with van der Waals surface area (Å²) in [6.07, 6.45) is 2.59. The molecule has 2 aromatic carbocycles. The van der Waals surface area contributed by atoms with Crippen molar-refractivity contribution in [3.8, 4) is 23.0 Å². The third kappa shape index (κ3) is 6.26. The summed E-state index contributed by atoms with van der Waals surface area (Å²) < 4.78 is 78.5. The highest BCUT2D eigenvalue weighted by Gasteiger charge is 2.49. The fourth-order valence-electron chi connectivity index (χ4n) is 8.17. The van der Waals surface area contributed by atoms with Crippen LogP contribution in [0.2, 0.25) is 0 Å². The van der Waals surface area contributed by atoms with Crippen LogP contribution < -0.4 is 10.1 Å². The number of carbonyl (C=O) groups excluding carboxylic acids is 1. The summed E-state index contributed by atoms with van der Waals surface area (Å²) in [5.74, 6) is -2.00. The lowest BCUT2D eigenvalue weighted by molar-refractivity contribution is 0.0820. The molecular weight excluding hydrogens is 726 g/mol. The van der Waals surface area contributed by atoms with Crippen LogP contribution in [0.15, 0.2) is 36.5 Å². The predicted molar refractivity (Wildman–Crippen MR) is 195 cm³/mol. The summed E-state index contributed by atoms with van der Waals surface area (Å²) in [7, 11) is -0.0633. The zero-order valence-corrected chi connectivity index (χ0v) is 30.8. The molecule has 3 aliphatic heterocycles. The maximum atomic E-state index is 17.0. The molecule has 0 radical (unpaired) electrons. The number of ether oxygens (including phenoxy) is 1. The van der Waals surface area contributed by atoms with E-state index in [-0.39, 0.29) is 76.0 Å². The van der Waals surface area contributed by atoms with Crippen LogP contribution in [-0.2, 0) is 22.8 Å². The maximum absolute atomic E-state index is 17.0. The highest BCUT2D eigenvalue weighted by Crippen LogP contribution is 2.41. The van der Waals surface area contributed by atoms with Crippen LogP contribution in [-0.4, -0.2) is 111 Å². The zero-order valence-electron chi connectivity index (χ0n) is 29.9. The van der Waals surface area contributed by atoms with Crippen LogP contribution in [0.3, 0.4) is 0 Å². The molecular formula is C37H39F3N8O5S. The Labute approximate surface area is 309 Å². The van der Waals surface area contributed by atoms with Crippen molar-refractivity contribution in [2.45, 2.75) is 56.9 Å². The number of halogens is 3. The van der Waals surface area contributed by atoms with Crippen molar-refractivity contribution in [3.63, 3.8) is 0 Å². The summed E-state index contributed by atoms with van der Waals surface area (Å²) >= 11 is 0. The number of alkyl halides is 1. The topological polar surface area (TPSA) is 156 Å². The van der Waals surface area contributed by atoms with Gasteiger partial charge < -0.3 is 20.1 Å². The van der Waals surface area contributed by atoms with E-state index in [2.05, 4.69) is 30.3 Å². The summed E-state index contributed by atoms with van der Waals surface area (Å²) in [6, 6.07) is 6.55. The van der Waals surface area contributed by atoms with Crippen molar-refractivity contribution in [1.29, 1.82) is 0 Å². The van der Waals surface area contributed by atoms with Gasteiger partial charge in [-0.1, -0.05) is 13.0 Å². The second-order valence-corrected chi connectivity index (χ2v) is 16.8. The molecule has 8 rings (SSSR count). The van der Waals surface area contributed by atoms with Crippen LogP contribution in [0.5, 0.6) is 11.8 Å². The minimum Gasteiger partial charge on any atom is -0.508 e. The van der Waals surface area contributed by atoms with E-state index in [4.69, 9.17) is 4.74 Å². The molecule has 0 saturated carbocycles. The van der Waals surface area contributed by atoms with Gasteiger partial charge >= 0.3 is 6.01 Å². The highest BCUT2D eigenvalue weighted by atomic mass is 32.2. The molecule has 3 aromatic heterocycles. The van der Waals surface area contributed by atoms with E-state index in [1.807, 2.05) is 0 Å². The third-order valence-corrected chi connectivity index (χ3v) is 12.6. The number of anilines is 1. The van der Waals surface area contributed by atoms with E-state index < -0.39 is 39.2 Å². The van der Waals surface area contributed by atoms with Gasteiger partial charge in [0.15, 0.2) is 21.3 Å². The molecule has 284 valence electrons. The number of fused-ring (bicyclic) bond motifs is 3. The van der Waals surface area contributed by atoms with Gasteiger partial charge in [0.05, 0.1) is 40.7 Å². The first-order chi connectivity index (χ1) is 25.8. The first-order valence-electron chi connectivity index (χ1n) is 17.8. The fourth-order valence-corrected chi connectivity index (χ4v) is 9.53. The van der Waals surface area contributed by atoms with Gasteiger partial charge in [0.2, 0.25) is 0 Å². The molecule has 0 spiro atoms. The van der Waals surface area contributed by atoms with E-state index >= 15 is 8.78 Å². The Balaban J connectivity index is 1.22. The molecule has 3 saturated heterocycles. The quantitative estimate of drug-likeness (QED) is 0.201. The smallest absolute Gasteiger partial charge is 0.319 e. The minimum absolute atomic E-state index is 0.00322. The number of phenols is 1. The maximum Gasteiger partial charge on any atom is 0.319 e. The van der Waals surface area contributed by atoms with Gasteiger partial charge in [-0.15, -0.1) is 0 Å². The average Bonchev–Trinajstić information content (AvgIpc) is 3.80. The highest BCUT2D eigenvalue weighted by molar-refractivity contribution is 7.92. The molecule has 6 heterocycles. The SMILES string of the molecule is CCc1c(F)ccc2cc(O)cc(-c3ncc4c(NCc5cc(C(=O)N(C)C)nn5C5CS(=O)(=O)C5)nc(OC[C@@]56CCCN5C[C@H](F)C6)nc4c3F)c12. The van der Waals surface area contributed by atoms with Gasteiger partial charge in [0.1, 0.15) is 41.4 Å². The van der Waals surface area contributed by atoms with E-state index in [9.17, 15) is 22.7 Å². The zero-order chi connectivity index (χ0) is 38.1. The number of sulfone groups is 1. The van der Waals surface area contributed by atoms with Crippen molar-refractivity contribution >= 4 is 43.2 Å². The van der Waals surface area contributed by atoms with Gasteiger partial charge in [0, 0.05) is 38.8 Å². The van der Waals surface area contributed by atoms with E-state index in [1.165, 1.54) is 40.0 Å². The van der Waals surface area contributed by atoms with E-state index in [1.54, 1.807) is 27.1 Å². The number of rotatable bonds is 10. The predicted octanol–water partition coefficient (Wildman–Crippen LogP) is 4.83. The molecule has 3 fully saturated rings. The second-order valence-electron chi connectivity index (χ2n) is 14.6. The number of pyridine rings is 1. The third-order valence-electron chi connectivity index (χ3n) is 10.8. The molecule has 2 atom stereocenters. The number of phenolic OH excluding ortho intramolecular Hbond substituents is 1. The number of aryl methyl sites for hydroxylation is 1. The molecule has 5 aromatic rings. The van der Waals surface area contributed by atoms with Gasteiger partial charge in [-0.2, -0.15) is 15.1 Å². The monoisotopic (exact) mass is 764 g/mol. The van der Waals surface area contributed by atoms with Gasteiger partial charge in [-0.3, -0.25) is 19.4 Å². The van der Waals surface area contributed by atoms with Crippen molar-refractivity contribution in [2.75, 3.05) is 50.6 Å². The normalized spacial score (nSPS) is 21.0. The van der Waals surface area contributed by atoms with E-state index in [0.717, 1.165) is 19.4 Å². The van der Waals surface area contributed by atoms with Crippen LogP contribution in [0.4, 0.5) is 19.0 Å². The molecule has 3 aliphatic rings. The molecule has 1 amide bonds. The van der Waals surface area contributed by atoms with Crippen LogP contribution in [0.1, 0.15) is 54.0 Å². The summed E-state index contributed by atoms with van der Waals surface area (Å²) in [4.78, 5) is 29.8. The lowest BCUT2D eigenvalue weighted by atomic mass is 9.94. The van der Waals surface area contributed by atoms with E-state index in [0.29, 0.717) is 41.4 Å². The van der Waals surface area contributed by atoms with Crippen LogP contribution in [0.25, 0.3) is 32.9 Å². The first-order valence-corrected chi connectivity index (χ1v) is 19.6. The van der Waals surface area contributed by atoms with Gasteiger partial charge in [0.25, 0.3) is 5.91 Å². The molecule has 0 bridgehead atoms. The average molecular weight is 765 g/mol. The van der Waals surface area contributed by atoms with Gasteiger partial charge in [-0.05, 0) is 66.4 Å². The molecule has 54 heavy (non-hydrogen) atoms. The standard InChI is InChI=1S/C37H39F3N8O5S/c1-4-25-28(39)7-6-20-10-24(49)12-26(30(20)25)32-31(40)33-27(15-41-32)34(44-36(43-33)53-19-37-8-5-9-47(37)16-21(38)13-37)42-14-22-11-29(35(50)46(2)3)45-48(22)23-17-54(51,52)18-23/h6-7,10-12,15,21,23,49H,4-5,8-9,13-14,16-19H2,1-3H3,(H,42,43,44)/t21-,37+/m1/s1. The largest absolute Gasteiger partial charge is 0.508 e. The van der Waals surface area contributed by atoms with Crippen molar-refractivity contribution in [1.82, 2.24) is 34.5 Å². The number of hydrogen-bond acceptors (Lipinski definition) is 11. The van der Waals surface area contributed by atoms with Crippen molar-refractivity contribution in [3.05, 3.63) is 65.1 Å². The first kappa shape index (κ1) is 36.0. The Morgan fingerprint density at radius 1 is 1.17 bits per heavy atom. The minimum atomic E-state index is -3.23. The molecule has 0 unspecified atom stereocenters. The number of aromatic nitrogens is 5. The fraction of sp³-hybridized carbons (Fsp3) is 0.432. The lowest BCUT2D eigenvalue weighted by Gasteiger charge is -2.30. The Morgan fingerprint density at radius 3 is 2.70 bits per heavy atom. The van der Waals surface area contributed by atoms with Gasteiger partial charge in [-0.25, -0.2) is 21.6 Å². The molecule has 13 nitrogen and oxygen atoms in total. The Morgan fingerprint density at radius 2 is 1.96 bits per heavy atom. The summed E-state index contributed by atoms with van der Waals surface area (Å²) in [6.45, 7) is 2.91. The van der Waals surface area contributed by atoms with Crippen LogP contribution in [0, 0.1) is 11.6 Å². The summed E-state index contributed by atoms with van der Waals surface area (Å²) in [5.41, 5.74) is 0.236. The van der Waals surface area contributed by atoms with Crippen molar-refractivity contribution < 1.29 is 36.2 Å². The number of nitrogens with one attached hydrogen (secondary N) is 1. The number of hydrogen-bond donors (Lipinski definition) is 2. The molecule has 2 N–H and O–H groups in total. The van der Waals surface area contributed by atoms with Crippen LogP contribution >= 0.6 is 0 Å². The number of carbonyl (C=O) groups is 1. The number of amides is 1. The summed E-state index contributed by atoms with van der Waals surface area (Å²) in [5, 5.41) is 19.3.